The third-order valence-electron chi connectivity index (χ3n) is 3.00. The van der Waals surface area contributed by atoms with Gasteiger partial charge in [-0.1, -0.05) is 83.1 Å². The largest absolute Gasteiger partial charge is 0.392 e. The van der Waals surface area contributed by atoms with Crippen molar-refractivity contribution >= 4 is 5.78 Å². The first kappa shape index (κ1) is 21.9. The van der Waals surface area contributed by atoms with Crippen molar-refractivity contribution in [3.8, 4) is 0 Å². The minimum absolute atomic E-state index is 0. The molecule has 2 nitrogen and oxygen atoms in total. The van der Waals surface area contributed by atoms with Crippen LogP contribution in [0.5, 0.6) is 0 Å². The maximum absolute atomic E-state index is 11.5. The van der Waals surface area contributed by atoms with Crippen LogP contribution in [-0.2, 0) is 4.79 Å². The molecule has 0 aliphatic heterocycles. The van der Waals surface area contributed by atoms with Crippen molar-refractivity contribution < 1.29 is 11.3 Å². The summed E-state index contributed by atoms with van der Waals surface area (Å²) in [6.45, 7) is 24.1. The van der Waals surface area contributed by atoms with Crippen molar-refractivity contribution in [1.82, 2.24) is 0 Å². The Kier molecular flexibility index (Phi) is 7.23. The van der Waals surface area contributed by atoms with Gasteiger partial charge in [0.05, 0.1) is 6.10 Å². The second-order valence-corrected chi connectivity index (χ2v) is 9.96. The molecule has 0 heterocycles. The van der Waals surface area contributed by atoms with Crippen LogP contribution in [0, 0.1) is 21.7 Å². The highest BCUT2D eigenvalue weighted by molar-refractivity contribution is 5.88. The molecular formula is C18H40O2. The molecule has 0 bridgehead atoms. The van der Waals surface area contributed by atoms with E-state index in [0.717, 1.165) is 0 Å². The van der Waals surface area contributed by atoms with Crippen LogP contribution in [0.25, 0.3) is 0 Å². The fraction of sp³-hybridized carbons (Fsp3) is 0.944. The van der Waals surface area contributed by atoms with Gasteiger partial charge in [0.25, 0.3) is 0 Å². The van der Waals surface area contributed by atoms with E-state index in [-0.39, 0.29) is 29.2 Å². The molecule has 0 atom stereocenters. The molecule has 0 aromatic rings. The number of carbonyl (C=O) groups is 1. The lowest BCUT2D eigenvalue weighted by atomic mass is 9.74. The van der Waals surface area contributed by atoms with E-state index in [1.807, 2.05) is 41.5 Å². The fourth-order valence-electron chi connectivity index (χ4n) is 2.42. The summed E-state index contributed by atoms with van der Waals surface area (Å²) in [4.78, 5) is 11.5. The Bertz CT molecular complexity index is 276. The first-order valence-electron chi connectivity index (χ1n) is 7.54. The summed E-state index contributed by atoms with van der Waals surface area (Å²) in [6, 6.07) is 0. The molecule has 0 aliphatic carbocycles. The molecule has 0 aromatic heterocycles. The van der Waals surface area contributed by atoms with Crippen LogP contribution in [0.1, 0.15) is 84.5 Å². The average molecular weight is 289 g/mol. The van der Waals surface area contributed by atoms with Gasteiger partial charge in [-0.25, -0.2) is 0 Å². The zero-order valence-corrected chi connectivity index (χ0v) is 15.9. The van der Waals surface area contributed by atoms with Crippen LogP contribution < -0.4 is 0 Å². The number of Topliss-reactive ketones (excluding diaryl/α,β-unsaturated/α-hetero) is 1. The maximum Gasteiger partial charge on any atom is 0.143 e. The van der Waals surface area contributed by atoms with Gasteiger partial charge in [0, 0.05) is 12.3 Å². The van der Waals surface area contributed by atoms with Gasteiger partial charge in [0.2, 0.25) is 0 Å². The molecule has 2 heteroatoms. The number of aliphatic hydroxyl groups excluding tert-OH is 1. The second-order valence-electron chi connectivity index (χ2n) is 9.96. The van der Waals surface area contributed by atoms with Crippen molar-refractivity contribution in [3.05, 3.63) is 0 Å². The number of hydrogen-bond donors (Lipinski definition) is 1. The maximum atomic E-state index is 11.5. The highest BCUT2D eigenvalue weighted by Gasteiger charge is 2.33. The van der Waals surface area contributed by atoms with Crippen molar-refractivity contribution in [2.75, 3.05) is 0 Å². The number of rotatable bonds is 0. The van der Waals surface area contributed by atoms with E-state index in [0.29, 0.717) is 5.78 Å². The molecule has 0 fully saturated rings. The average Bonchev–Trinajstić information content (AvgIpc) is 2.10. The van der Waals surface area contributed by atoms with E-state index in [9.17, 15) is 9.90 Å². The van der Waals surface area contributed by atoms with E-state index in [2.05, 4.69) is 41.5 Å². The standard InChI is InChI=1S/C9H20O.C9H18O.H2/c2*1-8(2,3)7(10)9(4,5)6;/h7,10H,1-6H3;1-6H3;1H. The molecule has 0 amide bonds. The van der Waals surface area contributed by atoms with E-state index < -0.39 is 0 Å². The molecule has 0 saturated heterocycles. The Morgan fingerprint density at radius 3 is 0.900 bits per heavy atom. The van der Waals surface area contributed by atoms with Crippen LogP contribution in [0.15, 0.2) is 0 Å². The van der Waals surface area contributed by atoms with Crippen LogP contribution in [-0.4, -0.2) is 17.0 Å². The Morgan fingerprint density at radius 1 is 0.700 bits per heavy atom. The van der Waals surface area contributed by atoms with Crippen molar-refractivity contribution in [3.63, 3.8) is 0 Å². The van der Waals surface area contributed by atoms with Gasteiger partial charge >= 0.3 is 0 Å². The van der Waals surface area contributed by atoms with Crippen LogP contribution in [0.2, 0.25) is 0 Å². The Hall–Kier alpha value is -0.370. The molecule has 0 rings (SSSR count). The highest BCUT2D eigenvalue weighted by atomic mass is 16.3. The lowest BCUT2D eigenvalue weighted by Gasteiger charge is -2.36. The van der Waals surface area contributed by atoms with Gasteiger partial charge in [-0.2, -0.15) is 0 Å². The number of hydrogen-bond acceptors (Lipinski definition) is 2. The lowest BCUT2D eigenvalue weighted by molar-refractivity contribution is -0.134. The third kappa shape index (κ3) is 8.73. The SMILES string of the molecule is CC(C)(C)C(=O)C(C)(C)C.CC(C)(C)C(O)C(C)(C)C.[HH]. The van der Waals surface area contributed by atoms with Crippen LogP contribution >= 0.6 is 0 Å². The molecule has 124 valence electrons. The number of carbonyl (C=O) groups excluding carboxylic acids is 1. The summed E-state index contributed by atoms with van der Waals surface area (Å²) in [7, 11) is 0. The van der Waals surface area contributed by atoms with E-state index in [1.54, 1.807) is 0 Å². The lowest BCUT2D eigenvalue weighted by Crippen LogP contribution is -2.37. The summed E-state index contributed by atoms with van der Waals surface area (Å²) in [5, 5.41) is 9.72. The first-order chi connectivity index (χ1) is 8.31. The van der Waals surface area contributed by atoms with Gasteiger partial charge in [-0.3, -0.25) is 4.79 Å². The Labute approximate surface area is 128 Å². The summed E-state index contributed by atoms with van der Waals surface area (Å²) in [6.07, 6.45) is -0.236. The zero-order valence-electron chi connectivity index (χ0n) is 15.9. The van der Waals surface area contributed by atoms with Gasteiger partial charge < -0.3 is 5.11 Å². The quantitative estimate of drug-likeness (QED) is 0.654. The highest BCUT2D eigenvalue weighted by Crippen LogP contribution is 2.32. The molecule has 0 radical (unpaired) electrons. The summed E-state index contributed by atoms with van der Waals surface area (Å²) in [5.41, 5.74) is -0.396. The monoisotopic (exact) mass is 288 g/mol. The second kappa shape index (κ2) is 6.60. The molecule has 0 unspecified atom stereocenters. The minimum atomic E-state index is -0.236. The molecule has 0 spiro atoms. The van der Waals surface area contributed by atoms with Crippen LogP contribution in [0.3, 0.4) is 0 Å². The molecule has 0 aromatic carbocycles. The van der Waals surface area contributed by atoms with Gasteiger partial charge in [0.15, 0.2) is 0 Å². The minimum Gasteiger partial charge on any atom is -0.392 e. The van der Waals surface area contributed by atoms with Gasteiger partial charge in [-0.15, -0.1) is 0 Å². The van der Waals surface area contributed by atoms with Gasteiger partial charge in [0.1, 0.15) is 5.78 Å². The molecule has 20 heavy (non-hydrogen) atoms. The fourth-order valence-corrected chi connectivity index (χ4v) is 2.42. The van der Waals surface area contributed by atoms with E-state index in [4.69, 9.17) is 0 Å². The molecule has 0 aliphatic rings. The summed E-state index contributed by atoms with van der Waals surface area (Å²) >= 11 is 0. The number of ketones is 1. The molecular weight excluding hydrogens is 248 g/mol. The molecule has 0 saturated carbocycles. The third-order valence-corrected chi connectivity index (χ3v) is 3.00. The topological polar surface area (TPSA) is 37.3 Å². The first-order valence-corrected chi connectivity index (χ1v) is 7.54. The van der Waals surface area contributed by atoms with Crippen molar-refractivity contribution in [1.29, 1.82) is 0 Å². The zero-order chi connectivity index (χ0) is 17.2. The summed E-state index contributed by atoms with van der Waals surface area (Å²) in [5.74, 6) is 0.319. The predicted molar refractivity (Wildman–Crippen MR) is 90.9 cm³/mol. The predicted octanol–water partition coefficient (Wildman–Crippen LogP) is 5.33. The van der Waals surface area contributed by atoms with Gasteiger partial charge in [-0.05, 0) is 10.8 Å². The molecule has 1 N–H and O–H groups in total. The summed E-state index contributed by atoms with van der Waals surface area (Å²) < 4.78 is 0. The normalized spacial score (nSPS) is 13.9. The Balaban J connectivity index is -0.000000295. The smallest absolute Gasteiger partial charge is 0.143 e. The van der Waals surface area contributed by atoms with Crippen molar-refractivity contribution in [2.24, 2.45) is 21.7 Å². The van der Waals surface area contributed by atoms with E-state index >= 15 is 0 Å². The van der Waals surface area contributed by atoms with E-state index in [1.165, 1.54) is 0 Å². The van der Waals surface area contributed by atoms with Crippen molar-refractivity contribution in [2.45, 2.75) is 89.2 Å². The Morgan fingerprint density at radius 2 is 0.900 bits per heavy atom. The number of aliphatic hydroxyl groups is 1. The van der Waals surface area contributed by atoms with Crippen LogP contribution in [0.4, 0.5) is 0 Å².